The lowest BCUT2D eigenvalue weighted by atomic mass is 9.72. The molecule has 0 fully saturated rings. The Morgan fingerprint density at radius 3 is 2.40 bits per heavy atom. The number of thioether (sulfide) groups is 1. The van der Waals surface area contributed by atoms with Gasteiger partial charge in [-0.2, -0.15) is 0 Å². The molecule has 234 valence electrons. The van der Waals surface area contributed by atoms with Crippen LogP contribution in [0.3, 0.4) is 0 Å². The van der Waals surface area contributed by atoms with Crippen LogP contribution in [-0.4, -0.2) is 32.0 Å². The summed E-state index contributed by atoms with van der Waals surface area (Å²) in [5, 5.41) is 5.96. The lowest BCUT2D eigenvalue weighted by Crippen LogP contribution is -2.26. The average molecular weight is 643 g/mol. The molecule has 2 atom stereocenters. The third-order valence-corrected chi connectivity index (χ3v) is 10.6. The van der Waals surface area contributed by atoms with Gasteiger partial charge < -0.3 is 20.1 Å². The van der Waals surface area contributed by atoms with Crippen LogP contribution in [0.5, 0.6) is 5.75 Å². The second kappa shape index (κ2) is 13.9. The Kier molecular flexibility index (Phi) is 9.99. The zero-order valence-electron chi connectivity index (χ0n) is 26.1. The number of carbonyl (C=O) groups is 3. The van der Waals surface area contributed by atoms with Crippen molar-refractivity contribution < 1.29 is 23.9 Å². The summed E-state index contributed by atoms with van der Waals surface area (Å²) in [7, 11) is 2.93. The molecule has 3 aromatic carbocycles. The molecule has 0 saturated heterocycles. The number of hydrogen-bond acceptors (Lipinski definition) is 7. The van der Waals surface area contributed by atoms with Gasteiger partial charge in [0.05, 0.1) is 19.8 Å². The maximum atomic E-state index is 14.1. The summed E-state index contributed by atoms with van der Waals surface area (Å²) in [6, 6.07) is 23.9. The highest BCUT2D eigenvalue weighted by atomic mass is 32.2. The van der Waals surface area contributed by atoms with Crippen molar-refractivity contribution in [3.05, 3.63) is 106 Å². The fourth-order valence-corrected chi connectivity index (χ4v) is 7.96. The summed E-state index contributed by atoms with van der Waals surface area (Å²) in [5.41, 5.74) is 3.51. The van der Waals surface area contributed by atoms with E-state index in [-0.39, 0.29) is 17.2 Å². The number of carbonyl (C=O) groups excluding carboxylic acids is 3. The number of fused-ring (bicyclic) bond motifs is 1. The van der Waals surface area contributed by atoms with E-state index in [4.69, 9.17) is 9.47 Å². The fraction of sp³-hybridized carbons (Fsp3) is 0.306. The molecule has 9 heteroatoms. The van der Waals surface area contributed by atoms with Gasteiger partial charge in [0.15, 0.2) is 0 Å². The Morgan fingerprint density at radius 2 is 1.69 bits per heavy atom. The van der Waals surface area contributed by atoms with E-state index < -0.39 is 11.2 Å². The Balaban J connectivity index is 1.40. The summed E-state index contributed by atoms with van der Waals surface area (Å²) >= 11 is 2.86. The van der Waals surface area contributed by atoms with E-state index in [0.29, 0.717) is 33.5 Å². The molecule has 0 spiro atoms. The summed E-state index contributed by atoms with van der Waals surface area (Å²) < 4.78 is 10.4. The molecule has 7 nitrogen and oxygen atoms in total. The monoisotopic (exact) mass is 642 g/mol. The van der Waals surface area contributed by atoms with Crippen LogP contribution in [-0.2, 0) is 22.4 Å². The van der Waals surface area contributed by atoms with Crippen LogP contribution in [0.25, 0.3) is 0 Å². The maximum Gasteiger partial charge on any atom is 0.341 e. The van der Waals surface area contributed by atoms with Crippen LogP contribution < -0.4 is 15.4 Å². The molecule has 2 unspecified atom stereocenters. The van der Waals surface area contributed by atoms with Crippen molar-refractivity contribution in [2.24, 2.45) is 11.3 Å². The third-order valence-electron chi connectivity index (χ3n) is 8.13. The van der Waals surface area contributed by atoms with E-state index in [1.807, 2.05) is 54.6 Å². The van der Waals surface area contributed by atoms with Gasteiger partial charge in [0.1, 0.15) is 16.0 Å². The minimum Gasteiger partial charge on any atom is -0.497 e. The molecule has 1 heterocycles. The van der Waals surface area contributed by atoms with Crippen LogP contribution in [0.1, 0.15) is 69.2 Å². The van der Waals surface area contributed by atoms with Crippen molar-refractivity contribution in [1.29, 1.82) is 0 Å². The number of ether oxygens (including phenoxy) is 2. The van der Waals surface area contributed by atoms with Crippen molar-refractivity contribution in [3.63, 3.8) is 0 Å². The average Bonchev–Trinajstić information content (AvgIpc) is 3.40. The van der Waals surface area contributed by atoms with Crippen LogP contribution in [0.2, 0.25) is 0 Å². The quantitative estimate of drug-likeness (QED) is 0.141. The van der Waals surface area contributed by atoms with E-state index in [2.05, 4.69) is 31.4 Å². The molecule has 4 aromatic rings. The summed E-state index contributed by atoms with van der Waals surface area (Å²) in [4.78, 5) is 42.0. The highest BCUT2D eigenvalue weighted by Crippen LogP contribution is 2.45. The van der Waals surface area contributed by atoms with Gasteiger partial charge in [-0.3, -0.25) is 9.59 Å². The number of hydrogen-bond donors (Lipinski definition) is 2. The van der Waals surface area contributed by atoms with Crippen LogP contribution in [0.4, 0.5) is 10.7 Å². The number of methoxy groups -OCH3 is 2. The van der Waals surface area contributed by atoms with Gasteiger partial charge >= 0.3 is 5.97 Å². The van der Waals surface area contributed by atoms with Crippen LogP contribution >= 0.6 is 23.1 Å². The van der Waals surface area contributed by atoms with E-state index >= 15 is 0 Å². The zero-order chi connectivity index (χ0) is 32.1. The first-order valence-electron chi connectivity index (χ1n) is 14.9. The molecule has 2 N–H and O–H groups in total. The highest BCUT2D eigenvalue weighted by Gasteiger charge is 2.35. The predicted molar refractivity (Wildman–Crippen MR) is 182 cm³/mol. The largest absolute Gasteiger partial charge is 0.497 e. The number of nitrogens with one attached hydrogen (secondary N) is 2. The van der Waals surface area contributed by atoms with E-state index in [0.717, 1.165) is 40.2 Å². The third kappa shape index (κ3) is 7.60. The SMILES string of the molecule is COC(=O)c1c(NC(=O)C(Sc2cccc(NC(=O)c3cccc(OC)c3)c2)c2ccccc2)sc2c1CCC(C(C)(C)C)C2. The number of amides is 2. The second-order valence-electron chi connectivity index (χ2n) is 12.1. The first kappa shape index (κ1) is 32.3. The molecule has 45 heavy (non-hydrogen) atoms. The number of esters is 1. The fourth-order valence-electron chi connectivity index (χ4n) is 5.56. The van der Waals surface area contributed by atoms with E-state index in [1.165, 1.54) is 30.2 Å². The van der Waals surface area contributed by atoms with Crippen molar-refractivity contribution >= 4 is 51.6 Å². The Hall–Kier alpha value is -4.08. The first-order valence-corrected chi connectivity index (χ1v) is 16.6. The minimum absolute atomic E-state index is 0.146. The predicted octanol–water partition coefficient (Wildman–Crippen LogP) is 8.42. The van der Waals surface area contributed by atoms with Gasteiger partial charge in [0, 0.05) is 21.0 Å². The Labute approximate surface area is 272 Å². The van der Waals surface area contributed by atoms with Crippen LogP contribution in [0.15, 0.2) is 83.8 Å². The molecule has 0 saturated carbocycles. The summed E-state index contributed by atoms with van der Waals surface area (Å²) in [6.07, 6.45) is 2.63. The molecule has 1 aliphatic carbocycles. The maximum absolute atomic E-state index is 14.1. The van der Waals surface area contributed by atoms with E-state index in [1.54, 1.807) is 31.4 Å². The molecule has 5 rings (SSSR count). The first-order chi connectivity index (χ1) is 21.6. The second-order valence-corrected chi connectivity index (χ2v) is 14.4. The molecule has 1 aliphatic rings. The molecule has 0 radical (unpaired) electrons. The van der Waals surface area contributed by atoms with Crippen molar-refractivity contribution in [2.45, 2.75) is 50.2 Å². The van der Waals surface area contributed by atoms with Gasteiger partial charge in [0.2, 0.25) is 5.91 Å². The Bertz CT molecular complexity index is 1690. The smallest absolute Gasteiger partial charge is 0.341 e. The van der Waals surface area contributed by atoms with Crippen molar-refractivity contribution in [1.82, 2.24) is 0 Å². The topological polar surface area (TPSA) is 93.7 Å². The molecule has 1 aromatic heterocycles. The van der Waals surface area contributed by atoms with E-state index in [9.17, 15) is 14.4 Å². The zero-order valence-corrected chi connectivity index (χ0v) is 27.8. The molecule has 0 aliphatic heterocycles. The van der Waals surface area contributed by atoms with Gasteiger partial charge in [-0.05, 0) is 78.1 Å². The minimum atomic E-state index is -0.623. The van der Waals surface area contributed by atoms with Crippen molar-refractivity contribution in [3.8, 4) is 5.75 Å². The Morgan fingerprint density at radius 1 is 0.933 bits per heavy atom. The molecular formula is C36H38N2O5S2. The summed E-state index contributed by atoms with van der Waals surface area (Å²) in [5.74, 6) is 0.147. The number of rotatable bonds is 9. The molecule has 0 bridgehead atoms. The number of thiophene rings is 1. The number of anilines is 2. The van der Waals surface area contributed by atoms with Gasteiger partial charge in [-0.15, -0.1) is 23.1 Å². The summed E-state index contributed by atoms with van der Waals surface area (Å²) in [6.45, 7) is 6.75. The molecule has 2 amide bonds. The normalized spacial score (nSPS) is 15.0. The lowest BCUT2D eigenvalue weighted by molar-refractivity contribution is -0.115. The van der Waals surface area contributed by atoms with Gasteiger partial charge in [-0.1, -0.05) is 63.2 Å². The van der Waals surface area contributed by atoms with Crippen molar-refractivity contribution in [2.75, 3.05) is 24.9 Å². The van der Waals surface area contributed by atoms with Crippen LogP contribution in [0, 0.1) is 11.3 Å². The highest BCUT2D eigenvalue weighted by molar-refractivity contribution is 8.00. The number of benzene rings is 3. The molecular weight excluding hydrogens is 605 g/mol. The van der Waals surface area contributed by atoms with Gasteiger partial charge in [0.25, 0.3) is 5.91 Å². The van der Waals surface area contributed by atoms with Gasteiger partial charge in [-0.25, -0.2) is 4.79 Å². The lowest BCUT2D eigenvalue weighted by Gasteiger charge is -2.33. The standard InChI is InChI=1S/C36H38N2O5S2/c1-36(2,3)24-17-18-28-29(20-24)45-34(30(28)35(41)43-5)38-33(40)31(22-11-7-6-8-12-22)44-27-16-10-14-25(21-27)37-32(39)23-13-9-15-26(19-23)42-4/h6-16,19,21,24,31H,17-18,20H2,1-5H3,(H,37,39)(H,38,40).